The van der Waals surface area contributed by atoms with E-state index in [-0.39, 0.29) is 6.42 Å². The number of carboxylic acids is 1. The van der Waals surface area contributed by atoms with Crippen molar-refractivity contribution in [3.63, 3.8) is 0 Å². The molecular formula is C11H10BrNO2. The van der Waals surface area contributed by atoms with Crippen LogP contribution in [0.4, 0.5) is 0 Å². The first-order valence-corrected chi connectivity index (χ1v) is 5.35. The molecule has 0 fully saturated rings. The molecule has 0 aliphatic carbocycles. The number of H-pyrrole nitrogens is 1. The summed E-state index contributed by atoms with van der Waals surface area (Å²) in [6.45, 7) is 1.90. The van der Waals surface area contributed by atoms with E-state index in [1.807, 2.05) is 25.1 Å². The average molecular weight is 268 g/mol. The van der Waals surface area contributed by atoms with Gasteiger partial charge in [0.15, 0.2) is 0 Å². The van der Waals surface area contributed by atoms with Gasteiger partial charge in [-0.05, 0) is 24.6 Å². The molecule has 0 radical (unpaired) electrons. The van der Waals surface area contributed by atoms with Gasteiger partial charge in [-0.1, -0.05) is 22.0 Å². The molecule has 0 aliphatic rings. The molecule has 2 N–H and O–H groups in total. The normalized spacial score (nSPS) is 10.8. The fourth-order valence-corrected chi connectivity index (χ4v) is 2.10. The summed E-state index contributed by atoms with van der Waals surface area (Å²) in [5, 5.41) is 9.78. The van der Waals surface area contributed by atoms with Crippen LogP contribution in [0.3, 0.4) is 0 Å². The van der Waals surface area contributed by atoms with Gasteiger partial charge in [0.25, 0.3) is 0 Å². The van der Waals surface area contributed by atoms with Crippen molar-refractivity contribution < 1.29 is 9.90 Å². The molecular weight excluding hydrogens is 258 g/mol. The van der Waals surface area contributed by atoms with Crippen LogP contribution in [0, 0.1) is 6.92 Å². The lowest BCUT2D eigenvalue weighted by molar-refractivity contribution is -0.136. The van der Waals surface area contributed by atoms with Crippen LogP contribution < -0.4 is 0 Å². The number of halogens is 1. The van der Waals surface area contributed by atoms with Crippen LogP contribution in [0.15, 0.2) is 22.7 Å². The molecule has 78 valence electrons. The molecule has 0 saturated heterocycles. The van der Waals surface area contributed by atoms with Gasteiger partial charge in [-0.2, -0.15) is 0 Å². The number of nitrogens with one attached hydrogen (secondary N) is 1. The molecule has 0 amide bonds. The van der Waals surface area contributed by atoms with Crippen molar-refractivity contribution in [1.82, 2.24) is 4.98 Å². The summed E-state index contributed by atoms with van der Waals surface area (Å²) in [5.41, 5.74) is 2.76. The minimum atomic E-state index is -0.804. The number of carbonyl (C=O) groups is 1. The zero-order valence-corrected chi connectivity index (χ0v) is 9.76. The second kappa shape index (κ2) is 3.70. The highest BCUT2D eigenvalue weighted by atomic mass is 79.9. The molecule has 2 aromatic rings. The Morgan fingerprint density at radius 3 is 2.93 bits per heavy atom. The van der Waals surface area contributed by atoms with Gasteiger partial charge in [-0.15, -0.1) is 0 Å². The Morgan fingerprint density at radius 1 is 1.53 bits per heavy atom. The molecule has 1 heterocycles. The minimum Gasteiger partial charge on any atom is -0.481 e. The first-order valence-electron chi connectivity index (χ1n) is 4.56. The lowest BCUT2D eigenvalue weighted by Crippen LogP contribution is -2.00. The highest BCUT2D eigenvalue weighted by Crippen LogP contribution is 2.25. The number of aromatic nitrogens is 1. The highest BCUT2D eigenvalue weighted by molar-refractivity contribution is 9.10. The lowest BCUT2D eigenvalue weighted by atomic mass is 10.1. The summed E-state index contributed by atoms with van der Waals surface area (Å²) in [5.74, 6) is -0.804. The lowest BCUT2D eigenvalue weighted by Gasteiger charge is -1.96. The van der Waals surface area contributed by atoms with E-state index in [0.29, 0.717) is 0 Å². The quantitative estimate of drug-likeness (QED) is 0.879. The Labute approximate surface area is 95.2 Å². The van der Waals surface area contributed by atoms with Crippen LogP contribution in [0.1, 0.15) is 11.3 Å². The Morgan fingerprint density at radius 2 is 2.27 bits per heavy atom. The Hall–Kier alpha value is -1.29. The van der Waals surface area contributed by atoms with Crippen LogP contribution in [0.5, 0.6) is 0 Å². The number of benzene rings is 1. The maximum Gasteiger partial charge on any atom is 0.307 e. The van der Waals surface area contributed by atoms with E-state index in [1.165, 1.54) is 0 Å². The molecule has 3 nitrogen and oxygen atoms in total. The largest absolute Gasteiger partial charge is 0.481 e. The fourth-order valence-electron chi connectivity index (χ4n) is 1.74. The number of aryl methyl sites for hydroxylation is 1. The van der Waals surface area contributed by atoms with Crippen LogP contribution >= 0.6 is 15.9 Å². The van der Waals surface area contributed by atoms with Crippen molar-refractivity contribution in [2.75, 3.05) is 0 Å². The van der Waals surface area contributed by atoms with Crippen molar-refractivity contribution in [2.24, 2.45) is 0 Å². The van der Waals surface area contributed by atoms with Crippen molar-refractivity contribution in [3.05, 3.63) is 33.9 Å². The second-order valence-corrected chi connectivity index (χ2v) is 4.40. The zero-order chi connectivity index (χ0) is 11.0. The minimum absolute atomic E-state index is 0.0630. The molecule has 15 heavy (non-hydrogen) atoms. The molecule has 0 unspecified atom stereocenters. The first kappa shape index (κ1) is 10.2. The van der Waals surface area contributed by atoms with Crippen molar-refractivity contribution in [1.29, 1.82) is 0 Å². The van der Waals surface area contributed by atoms with E-state index in [9.17, 15) is 4.79 Å². The molecule has 0 aliphatic heterocycles. The summed E-state index contributed by atoms with van der Waals surface area (Å²) in [6.07, 6.45) is 0.0630. The van der Waals surface area contributed by atoms with Gasteiger partial charge in [0.2, 0.25) is 0 Å². The standard InChI is InChI=1S/C11H10BrNO2/c1-6-9(5-11(14)15)8-3-2-7(12)4-10(8)13-6/h2-4,13H,5H2,1H3,(H,14,15). The summed E-state index contributed by atoms with van der Waals surface area (Å²) in [6, 6.07) is 5.80. The topological polar surface area (TPSA) is 53.1 Å². The number of hydrogen-bond acceptors (Lipinski definition) is 1. The third kappa shape index (κ3) is 1.90. The van der Waals surface area contributed by atoms with E-state index in [2.05, 4.69) is 20.9 Å². The monoisotopic (exact) mass is 267 g/mol. The molecule has 1 aromatic heterocycles. The maximum absolute atomic E-state index is 10.7. The summed E-state index contributed by atoms with van der Waals surface area (Å²) in [7, 11) is 0. The van der Waals surface area contributed by atoms with E-state index < -0.39 is 5.97 Å². The van der Waals surface area contributed by atoms with E-state index >= 15 is 0 Å². The van der Waals surface area contributed by atoms with Gasteiger partial charge >= 0.3 is 5.97 Å². The molecule has 0 bridgehead atoms. The van der Waals surface area contributed by atoms with Gasteiger partial charge in [0.1, 0.15) is 0 Å². The fraction of sp³-hybridized carbons (Fsp3) is 0.182. The Bertz CT molecular complexity index is 531. The van der Waals surface area contributed by atoms with Gasteiger partial charge in [-0.25, -0.2) is 0 Å². The first-order chi connectivity index (χ1) is 7.08. The highest BCUT2D eigenvalue weighted by Gasteiger charge is 2.11. The smallest absolute Gasteiger partial charge is 0.307 e. The molecule has 0 saturated carbocycles. The molecule has 0 spiro atoms. The Balaban J connectivity index is 2.63. The Kier molecular flexibility index (Phi) is 2.52. The number of aromatic amines is 1. The number of hydrogen-bond donors (Lipinski definition) is 2. The molecule has 2 rings (SSSR count). The maximum atomic E-state index is 10.7. The molecule has 1 aromatic carbocycles. The van der Waals surface area contributed by atoms with Gasteiger partial charge in [0, 0.05) is 21.1 Å². The van der Waals surface area contributed by atoms with E-state index in [0.717, 1.165) is 26.6 Å². The molecule has 0 atom stereocenters. The average Bonchev–Trinajstić information content (AvgIpc) is 2.41. The number of aliphatic carboxylic acids is 1. The SMILES string of the molecule is Cc1[nH]c2cc(Br)ccc2c1CC(=O)O. The third-order valence-corrected chi connectivity index (χ3v) is 2.90. The van der Waals surface area contributed by atoms with Crippen molar-refractivity contribution in [2.45, 2.75) is 13.3 Å². The van der Waals surface area contributed by atoms with Gasteiger partial charge in [0.05, 0.1) is 6.42 Å². The van der Waals surface area contributed by atoms with Crippen LogP contribution in [-0.2, 0) is 11.2 Å². The summed E-state index contributed by atoms with van der Waals surface area (Å²) >= 11 is 3.38. The van der Waals surface area contributed by atoms with Crippen LogP contribution in [-0.4, -0.2) is 16.1 Å². The third-order valence-electron chi connectivity index (χ3n) is 2.41. The number of rotatable bonds is 2. The van der Waals surface area contributed by atoms with E-state index in [1.54, 1.807) is 0 Å². The van der Waals surface area contributed by atoms with Crippen molar-refractivity contribution >= 4 is 32.8 Å². The number of fused-ring (bicyclic) bond motifs is 1. The van der Waals surface area contributed by atoms with Crippen molar-refractivity contribution in [3.8, 4) is 0 Å². The van der Waals surface area contributed by atoms with Crippen LogP contribution in [0.2, 0.25) is 0 Å². The van der Waals surface area contributed by atoms with E-state index in [4.69, 9.17) is 5.11 Å². The zero-order valence-electron chi connectivity index (χ0n) is 8.17. The predicted octanol–water partition coefficient (Wildman–Crippen LogP) is 2.87. The predicted molar refractivity (Wildman–Crippen MR) is 62.1 cm³/mol. The number of carboxylic acid groups (broad SMARTS) is 1. The molecule has 4 heteroatoms. The van der Waals surface area contributed by atoms with Crippen LogP contribution in [0.25, 0.3) is 10.9 Å². The summed E-state index contributed by atoms with van der Waals surface area (Å²) < 4.78 is 0.984. The summed E-state index contributed by atoms with van der Waals surface area (Å²) in [4.78, 5) is 13.9. The van der Waals surface area contributed by atoms with Gasteiger partial charge in [-0.3, -0.25) is 4.79 Å². The second-order valence-electron chi connectivity index (χ2n) is 3.49. The van der Waals surface area contributed by atoms with Gasteiger partial charge < -0.3 is 10.1 Å².